The fourth-order valence-corrected chi connectivity index (χ4v) is 5.43. The first-order valence-electron chi connectivity index (χ1n) is 7.97. The van der Waals surface area contributed by atoms with E-state index < -0.39 is 5.97 Å². The SMILES string of the molecule is CC1(CC(=O)N/N=C\c2ccc(-c3ccccc3C(=O)[O-])o2)SCCS1. The molecule has 1 aliphatic heterocycles. The van der Waals surface area contributed by atoms with Crippen LogP contribution in [0.5, 0.6) is 0 Å². The van der Waals surface area contributed by atoms with Crippen LogP contribution in [0.3, 0.4) is 0 Å². The lowest BCUT2D eigenvalue weighted by molar-refractivity contribution is -0.254. The molecule has 1 aliphatic rings. The van der Waals surface area contributed by atoms with Gasteiger partial charge in [0.25, 0.3) is 0 Å². The Morgan fingerprint density at radius 3 is 2.73 bits per heavy atom. The maximum atomic E-state index is 12.0. The van der Waals surface area contributed by atoms with E-state index in [0.29, 0.717) is 23.5 Å². The van der Waals surface area contributed by atoms with Gasteiger partial charge in [0.2, 0.25) is 5.91 Å². The number of carboxylic acid groups (broad SMARTS) is 1. The molecule has 1 saturated heterocycles. The third-order valence-corrected chi connectivity index (χ3v) is 7.09. The highest BCUT2D eigenvalue weighted by molar-refractivity contribution is 8.21. The minimum absolute atomic E-state index is 0.0541. The quantitative estimate of drug-likeness (QED) is 0.602. The highest BCUT2D eigenvalue weighted by Gasteiger charge is 2.32. The fourth-order valence-electron chi connectivity index (χ4n) is 2.60. The molecule has 0 bridgehead atoms. The Kier molecular flexibility index (Phi) is 5.73. The van der Waals surface area contributed by atoms with Gasteiger partial charge in [0.05, 0.1) is 22.7 Å². The molecule has 0 atom stereocenters. The van der Waals surface area contributed by atoms with Crippen LogP contribution >= 0.6 is 23.5 Å². The van der Waals surface area contributed by atoms with Gasteiger partial charge in [-0.15, -0.1) is 23.5 Å². The second kappa shape index (κ2) is 8.01. The Morgan fingerprint density at radius 1 is 1.27 bits per heavy atom. The largest absolute Gasteiger partial charge is 0.545 e. The average Bonchev–Trinajstić information content (AvgIpc) is 3.24. The van der Waals surface area contributed by atoms with Gasteiger partial charge in [-0.1, -0.05) is 24.3 Å². The van der Waals surface area contributed by atoms with Crippen molar-refractivity contribution >= 4 is 41.6 Å². The van der Waals surface area contributed by atoms with Gasteiger partial charge in [0.1, 0.15) is 11.5 Å². The van der Waals surface area contributed by atoms with Crippen LogP contribution in [0.4, 0.5) is 0 Å². The predicted molar refractivity (Wildman–Crippen MR) is 102 cm³/mol. The normalized spacial score (nSPS) is 16.0. The molecule has 1 aromatic heterocycles. The van der Waals surface area contributed by atoms with Gasteiger partial charge < -0.3 is 14.3 Å². The monoisotopic (exact) mass is 389 g/mol. The van der Waals surface area contributed by atoms with Gasteiger partial charge in [-0.25, -0.2) is 5.43 Å². The van der Waals surface area contributed by atoms with Gasteiger partial charge in [-0.3, -0.25) is 4.79 Å². The van der Waals surface area contributed by atoms with E-state index in [4.69, 9.17) is 4.42 Å². The molecule has 0 radical (unpaired) electrons. The van der Waals surface area contributed by atoms with Crippen molar-refractivity contribution in [1.29, 1.82) is 0 Å². The molecule has 0 saturated carbocycles. The van der Waals surface area contributed by atoms with Crippen LogP contribution in [-0.4, -0.2) is 33.7 Å². The molecule has 136 valence electrons. The summed E-state index contributed by atoms with van der Waals surface area (Å²) in [6, 6.07) is 9.75. The Hall–Kier alpha value is -2.19. The Bertz CT molecular complexity index is 841. The molecule has 1 N–H and O–H groups in total. The van der Waals surface area contributed by atoms with Crippen molar-refractivity contribution in [2.24, 2.45) is 5.10 Å². The molecular formula is C18H17N2O4S2-. The maximum Gasteiger partial charge on any atom is 0.242 e. The molecule has 2 heterocycles. The third-order valence-electron chi connectivity index (χ3n) is 3.80. The predicted octanol–water partition coefficient (Wildman–Crippen LogP) is 2.35. The van der Waals surface area contributed by atoms with Crippen molar-refractivity contribution < 1.29 is 19.1 Å². The summed E-state index contributed by atoms with van der Waals surface area (Å²) in [6.07, 6.45) is 1.78. The summed E-state index contributed by atoms with van der Waals surface area (Å²) in [4.78, 5) is 23.2. The van der Waals surface area contributed by atoms with Crippen LogP contribution in [0.15, 0.2) is 45.9 Å². The highest BCUT2D eigenvalue weighted by Crippen LogP contribution is 2.45. The van der Waals surface area contributed by atoms with E-state index in [1.807, 2.05) is 0 Å². The van der Waals surface area contributed by atoms with E-state index in [-0.39, 0.29) is 15.5 Å². The molecule has 1 aromatic carbocycles. The van der Waals surface area contributed by atoms with Gasteiger partial charge in [-0.2, -0.15) is 5.10 Å². The van der Waals surface area contributed by atoms with E-state index >= 15 is 0 Å². The number of carbonyl (C=O) groups excluding carboxylic acids is 2. The number of hydrogen-bond acceptors (Lipinski definition) is 7. The standard InChI is InChI=1S/C18H18N2O4S2/c1-18(25-8-9-26-18)10-16(21)20-19-11-12-6-7-15(24-12)13-4-2-3-5-14(13)17(22)23/h2-7,11H,8-10H2,1H3,(H,20,21)(H,22,23)/p-1/b19-11-. The van der Waals surface area contributed by atoms with Crippen molar-refractivity contribution in [1.82, 2.24) is 5.43 Å². The van der Waals surface area contributed by atoms with Crippen molar-refractivity contribution in [2.75, 3.05) is 11.5 Å². The van der Waals surface area contributed by atoms with E-state index in [1.165, 1.54) is 12.3 Å². The zero-order valence-electron chi connectivity index (χ0n) is 14.1. The number of hydrazone groups is 1. The molecule has 0 spiro atoms. The van der Waals surface area contributed by atoms with Crippen molar-refractivity contribution in [3.05, 3.63) is 47.7 Å². The van der Waals surface area contributed by atoms with Gasteiger partial charge >= 0.3 is 0 Å². The van der Waals surface area contributed by atoms with Gasteiger partial charge in [0, 0.05) is 22.6 Å². The van der Waals surface area contributed by atoms with E-state index in [0.717, 1.165) is 11.5 Å². The molecule has 0 aliphatic carbocycles. The summed E-state index contributed by atoms with van der Waals surface area (Å²) < 4.78 is 5.50. The molecule has 8 heteroatoms. The topological polar surface area (TPSA) is 94.7 Å². The van der Waals surface area contributed by atoms with Gasteiger partial charge in [-0.05, 0) is 19.1 Å². The zero-order chi connectivity index (χ0) is 18.6. The van der Waals surface area contributed by atoms with Gasteiger partial charge in [0.15, 0.2) is 0 Å². The van der Waals surface area contributed by atoms with Crippen LogP contribution in [0.1, 0.15) is 29.5 Å². The highest BCUT2D eigenvalue weighted by atomic mass is 32.2. The molecule has 26 heavy (non-hydrogen) atoms. The minimum Gasteiger partial charge on any atom is -0.545 e. The average molecular weight is 389 g/mol. The molecule has 2 aromatic rings. The Balaban J connectivity index is 1.63. The molecule has 1 amide bonds. The molecule has 0 unspecified atom stereocenters. The maximum absolute atomic E-state index is 12.0. The number of rotatable bonds is 6. The van der Waals surface area contributed by atoms with Crippen LogP contribution in [0, 0.1) is 0 Å². The molecule has 3 rings (SSSR count). The van der Waals surface area contributed by atoms with Crippen LogP contribution in [-0.2, 0) is 4.79 Å². The number of nitrogens with one attached hydrogen (secondary N) is 1. The number of nitrogens with zero attached hydrogens (tertiary/aromatic N) is 1. The lowest BCUT2D eigenvalue weighted by atomic mass is 10.1. The second-order valence-electron chi connectivity index (χ2n) is 5.84. The summed E-state index contributed by atoms with van der Waals surface area (Å²) in [7, 11) is 0. The van der Waals surface area contributed by atoms with Crippen LogP contribution in [0.2, 0.25) is 0 Å². The first-order valence-corrected chi connectivity index (χ1v) is 9.94. The third kappa shape index (κ3) is 4.50. The number of aromatic carboxylic acids is 1. The second-order valence-corrected chi connectivity index (χ2v) is 9.29. The lowest BCUT2D eigenvalue weighted by Crippen LogP contribution is -2.26. The summed E-state index contributed by atoms with van der Waals surface area (Å²) in [5, 5.41) is 15.1. The fraction of sp³-hybridized carbons (Fsp3) is 0.278. The minimum atomic E-state index is -1.27. The van der Waals surface area contributed by atoms with Crippen molar-refractivity contribution in [2.45, 2.75) is 17.4 Å². The van der Waals surface area contributed by atoms with Crippen molar-refractivity contribution in [3.63, 3.8) is 0 Å². The number of amides is 1. The lowest BCUT2D eigenvalue weighted by Gasteiger charge is -2.19. The molecular weight excluding hydrogens is 372 g/mol. The zero-order valence-corrected chi connectivity index (χ0v) is 15.7. The number of furan rings is 1. The Morgan fingerprint density at radius 2 is 2.00 bits per heavy atom. The van der Waals surface area contributed by atoms with E-state index in [2.05, 4.69) is 17.5 Å². The van der Waals surface area contributed by atoms with Crippen molar-refractivity contribution in [3.8, 4) is 11.3 Å². The summed E-state index contributed by atoms with van der Waals surface area (Å²) >= 11 is 3.57. The summed E-state index contributed by atoms with van der Waals surface area (Å²) in [6.45, 7) is 2.06. The summed E-state index contributed by atoms with van der Waals surface area (Å²) in [5.41, 5.74) is 2.99. The number of hydrogen-bond donors (Lipinski definition) is 1. The first-order chi connectivity index (χ1) is 12.5. The van der Waals surface area contributed by atoms with Crippen LogP contribution in [0.25, 0.3) is 11.3 Å². The first kappa shape index (κ1) is 18.6. The van der Waals surface area contributed by atoms with E-state index in [1.54, 1.807) is 53.9 Å². The number of carboxylic acids is 1. The molecule has 6 nitrogen and oxygen atoms in total. The number of benzene rings is 1. The van der Waals surface area contributed by atoms with Crippen LogP contribution < -0.4 is 10.5 Å². The van der Waals surface area contributed by atoms with E-state index in [9.17, 15) is 14.7 Å². The summed E-state index contributed by atoms with van der Waals surface area (Å²) in [5.74, 6) is 1.49. The molecule has 1 fully saturated rings. The number of thioether (sulfide) groups is 2. The number of carbonyl (C=O) groups is 2. The smallest absolute Gasteiger partial charge is 0.242 e. The Labute approximate surface area is 159 Å².